The third-order valence-corrected chi connectivity index (χ3v) is 8.91. The van der Waals surface area contributed by atoms with Gasteiger partial charge in [0.05, 0.1) is 18.6 Å². The number of sulfonamides is 1. The maximum atomic E-state index is 13.9. The number of halogens is 5. The lowest BCUT2D eigenvalue weighted by Gasteiger charge is -2.67. The summed E-state index contributed by atoms with van der Waals surface area (Å²) in [6, 6.07) is 2.12. The summed E-state index contributed by atoms with van der Waals surface area (Å²) >= 11 is 0. The lowest BCUT2D eigenvalue weighted by atomic mass is 9.41. The Hall–Kier alpha value is -2.61. The fourth-order valence-corrected chi connectivity index (χ4v) is 6.66. The fourth-order valence-electron chi connectivity index (χ4n) is 5.74. The number of nitrogens with zero attached hydrogens (tertiary/aromatic N) is 3. The molecule has 1 N–H and O–H groups in total. The SMILES string of the molecule is O=S(=O)(N1Cc2c(ccc3c2OC(F)(F)O3)N(Cc2cnc[nH]2)C(C23CC(C2)C3)C1)C(F)(F)F. The molecule has 14 heteroatoms. The highest BCUT2D eigenvalue weighted by Crippen LogP contribution is 2.68. The van der Waals surface area contributed by atoms with E-state index in [0.717, 1.165) is 19.3 Å². The predicted molar refractivity (Wildman–Crippen MR) is 106 cm³/mol. The van der Waals surface area contributed by atoms with Gasteiger partial charge in [-0.3, -0.25) is 0 Å². The molecule has 1 aromatic heterocycles. The second kappa shape index (κ2) is 6.74. The number of hydrogen-bond donors (Lipinski definition) is 1. The molecule has 1 unspecified atom stereocenters. The number of H-pyrrole nitrogens is 1. The van der Waals surface area contributed by atoms with Gasteiger partial charge in [0.1, 0.15) is 0 Å². The van der Waals surface area contributed by atoms with E-state index in [1.807, 2.05) is 0 Å². The highest BCUT2D eigenvalue weighted by Gasteiger charge is 2.64. The second-order valence-electron chi connectivity index (χ2n) is 9.36. The number of alkyl halides is 5. The van der Waals surface area contributed by atoms with Gasteiger partial charge < -0.3 is 19.4 Å². The van der Waals surface area contributed by atoms with Crippen molar-refractivity contribution in [2.75, 3.05) is 11.4 Å². The van der Waals surface area contributed by atoms with Crippen molar-refractivity contribution >= 4 is 15.7 Å². The maximum Gasteiger partial charge on any atom is 0.586 e. The molecule has 1 aromatic carbocycles. The number of rotatable bonds is 4. The van der Waals surface area contributed by atoms with Gasteiger partial charge >= 0.3 is 21.8 Å². The molecule has 2 aliphatic heterocycles. The van der Waals surface area contributed by atoms with Crippen LogP contribution in [0, 0.1) is 11.3 Å². The van der Waals surface area contributed by atoms with Crippen LogP contribution < -0.4 is 14.4 Å². The Bertz CT molecular complexity index is 1230. The topological polar surface area (TPSA) is 87.8 Å². The number of anilines is 1. The molecule has 0 radical (unpaired) electrons. The Kier molecular flexibility index (Phi) is 4.34. The van der Waals surface area contributed by atoms with E-state index < -0.39 is 46.7 Å². The van der Waals surface area contributed by atoms with Gasteiger partial charge in [-0.2, -0.15) is 17.5 Å². The van der Waals surface area contributed by atoms with Crippen molar-refractivity contribution in [3.8, 4) is 11.5 Å². The lowest BCUT2D eigenvalue weighted by molar-refractivity contribution is -0.287. The average Bonchev–Trinajstić information content (AvgIpc) is 3.23. The van der Waals surface area contributed by atoms with Gasteiger partial charge in [0.25, 0.3) is 0 Å². The highest BCUT2D eigenvalue weighted by atomic mass is 32.2. The van der Waals surface area contributed by atoms with Crippen molar-refractivity contribution in [1.82, 2.24) is 14.3 Å². The summed E-state index contributed by atoms with van der Waals surface area (Å²) in [5, 5.41) is 0. The summed E-state index contributed by atoms with van der Waals surface area (Å²) < 4.78 is 103. The first kappa shape index (κ1) is 21.9. The van der Waals surface area contributed by atoms with E-state index in [0.29, 0.717) is 21.6 Å². The normalized spacial score (nSPS) is 29.7. The number of aromatic nitrogens is 2. The van der Waals surface area contributed by atoms with Gasteiger partial charge in [0.15, 0.2) is 11.5 Å². The zero-order valence-electron chi connectivity index (χ0n) is 17.5. The molecule has 0 spiro atoms. The summed E-state index contributed by atoms with van der Waals surface area (Å²) in [7, 11) is -5.75. The van der Waals surface area contributed by atoms with Gasteiger partial charge in [-0.25, -0.2) is 13.4 Å². The van der Waals surface area contributed by atoms with Crippen LogP contribution in [0.3, 0.4) is 0 Å². The smallest absolute Gasteiger partial charge is 0.395 e. The van der Waals surface area contributed by atoms with Crippen LogP contribution in [-0.2, 0) is 23.1 Å². The lowest BCUT2D eigenvalue weighted by Crippen LogP contribution is -2.66. The van der Waals surface area contributed by atoms with E-state index in [2.05, 4.69) is 19.4 Å². The molecule has 3 heterocycles. The van der Waals surface area contributed by atoms with Crippen LogP contribution >= 0.6 is 0 Å². The Balaban J connectivity index is 1.52. The molecule has 8 nitrogen and oxygen atoms in total. The quantitative estimate of drug-likeness (QED) is 0.639. The minimum atomic E-state index is -5.75. The van der Waals surface area contributed by atoms with E-state index in [-0.39, 0.29) is 23.3 Å². The van der Waals surface area contributed by atoms with Gasteiger partial charge in [-0.05, 0) is 42.7 Å². The van der Waals surface area contributed by atoms with E-state index in [9.17, 15) is 30.4 Å². The molecule has 2 aromatic rings. The van der Waals surface area contributed by atoms with Crippen LogP contribution in [0.5, 0.6) is 11.5 Å². The van der Waals surface area contributed by atoms with E-state index >= 15 is 0 Å². The van der Waals surface area contributed by atoms with Crippen molar-refractivity contribution in [1.29, 1.82) is 0 Å². The highest BCUT2D eigenvalue weighted by molar-refractivity contribution is 7.89. The molecule has 3 aliphatic carbocycles. The van der Waals surface area contributed by atoms with Crippen LogP contribution in [0.15, 0.2) is 24.7 Å². The molecular weight excluding hydrogens is 487 g/mol. The molecule has 7 rings (SSSR count). The van der Waals surface area contributed by atoms with Crippen LogP contribution in [0.25, 0.3) is 0 Å². The minimum absolute atomic E-state index is 0.101. The second-order valence-corrected chi connectivity index (χ2v) is 11.3. The van der Waals surface area contributed by atoms with Crippen LogP contribution in [0.2, 0.25) is 0 Å². The van der Waals surface area contributed by atoms with Gasteiger partial charge in [0, 0.05) is 36.6 Å². The number of hydrogen-bond acceptors (Lipinski definition) is 6. The summed E-state index contributed by atoms with van der Waals surface area (Å²) in [5.41, 5.74) is -5.04. The van der Waals surface area contributed by atoms with Crippen LogP contribution in [0.1, 0.15) is 30.5 Å². The van der Waals surface area contributed by atoms with Gasteiger partial charge in [-0.1, -0.05) is 0 Å². The van der Waals surface area contributed by atoms with E-state index in [4.69, 9.17) is 0 Å². The number of benzene rings is 1. The standard InChI is InChI=1S/C20H19F5N4O4S/c21-19(22,23)34(30,31)28-8-13-14(1-2-15-17(13)33-20(24,25)32-15)29(7-12-6-26-10-27-12)16(9-28)18-3-11(4-18)5-18/h1-2,6,10-11,16H,3-5,7-9H2,(H,26,27). The van der Waals surface area contributed by atoms with Crippen molar-refractivity contribution in [2.45, 2.75) is 50.2 Å². The first-order valence-electron chi connectivity index (χ1n) is 10.6. The molecule has 3 saturated carbocycles. The maximum absolute atomic E-state index is 13.9. The Morgan fingerprint density at radius 1 is 1.18 bits per heavy atom. The molecule has 0 saturated heterocycles. The predicted octanol–water partition coefficient (Wildman–Crippen LogP) is 3.57. The number of aromatic amines is 1. The first-order chi connectivity index (χ1) is 15.9. The van der Waals surface area contributed by atoms with Crippen molar-refractivity contribution in [3.63, 3.8) is 0 Å². The van der Waals surface area contributed by atoms with Gasteiger partial charge in [0.2, 0.25) is 0 Å². The van der Waals surface area contributed by atoms with Crippen molar-refractivity contribution in [2.24, 2.45) is 11.3 Å². The zero-order chi connectivity index (χ0) is 24.1. The molecule has 1 atom stereocenters. The third kappa shape index (κ3) is 3.10. The molecular formula is C20H19F5N4O4S. The molecule has 184 valence electrons. The molecule has 0 amide bonds. The largest absolute Gasteiger partial charge is 0.586 e. The van der Waals surface area contributed by atoms with E-state index in [1.54, 1.807) is 11.1 Å². The monoisotopic (exact) mass is 506 g/mol. The third-order valence-electron chi connectivity index (χ3n) is 7.37. The van der Waals surface area contributed by atoms with Crippen molar-refractivity contribution in [3.05, 3.63) is 35.9 Å². The average molecular weight is 506 g/mol. The summed E-state index contributed by atoms with van der Waals surface area (Å²) in [6.07, 6.45) is 1.30. The van der Waals surface area contributed by atoms with Crippen LogP contribution in [0.4, 0.5) is 27.6 Å². The number of imidazole rings is 1. The Morgan fingerprint density at radius 2 is 1.91 bits per heavy atom. The molecule has 2 bridgehead atoms. The van der Waals surface area contributed by atoms with Crippen molar-refractivity contribution < 1.29 is 39.8 Å². The molecule has 34 heavy (non-hydrogen) atoms. The molecule has 5 aliphatic rings. The zero-order valence-corrected chi connectivity index (χ0v) is 18.3. The summed E-state index contributed by atoms with van der Waals surface area (Å²) in [5.74, 6) is -0.351. The molecule has 3 fully saturated rings. The Morgan fingerprint density at radius 3 is 2.50 bits per heavy atom. The fraction of sp³-hybridized carbons (Fsp3) is 0.550. The Labute approximate surface area is 190 Å². The summed E-state index contributed by atoms with van der Waals surface area (Å²) in [4.78, 5) is 8.72. The minimum Gasteiger partial charge on any atom is -0.395 e. The number of nitrogens with one attached hydrogen (secondary N) is 1. The number of ether oxygens (including phenoxy) is 2. The van der Waals surface area contributed by atoms with E-state index in [1.165, 1.54) is 18.5 Å². The van der Waals surface area contributed by atoms with Crippen LogP contribution in [-0.4, -0.2) is 47.1 Å². The number of fused-ring (bicyclic) bond motifs is 3. The first-order valence-corrected chi connectivity index (χ1v) is 12.0. The van der Waals surface area contributed by atoms with Gasteiger partial charge in [-0.15, -0.1) is 8.78 Å². The summed E-state index contributed by atoms with van der Waals surface area (Å²) in [6.45, 7) is -1.06.